The van der Waals surface area contributed by atoms with Crippen molar-refractivity contribution >= 4 is 26.4 Å². The van der Waals surface area contributed by atoms with E-state index in [0.717, 1.165) is 36.1 Å². The van der Waals surface area contributed by atoms with Crippen LogP contribution in [0.3, 0.4) is 0 Å². The van der Waals surface area contributed by atoms with Gasteiger partial charge in [-0.3, -0.25) is 4.79 Å². The summed E-state index contributed by atoms with van der Waals surface area (Å²) in [6.45, 7) is 2.33. The molecule has 0 atom stereocenters. The van der Waals surface area contributed by atoms with Gasteiger partial charge in [-0.25, -0.2) is 0 Å². The summed E-state index contributed by atoms with van der Waals surface area (Å²) in [6, 6.07) is 3.31. The highest BCUT2D eigenvalue weighted by atomic mass is 35.5. The smallest absolute Gasteiger partial charge is 0.321 e. The van der Waals surface area contributed by atoms with Crippen molar-refractivity contribution in [2.75, 3.05) is 5.88 Å². The monoisotopic (exact) mass is 412 g/mol. The molecule has 27 heavy (non-hydrogen) atoms. The van der Waals surface area contributed by atoms with E-state index in [4.69, 9.17) is 16.3 Å². The zero-order valence-electron chi connectivity index (χ0n) is 17.5. The van der Waals surface area contributed by atoms with Crippen LogP contribution in [0.4, 0.5) is 0 Å². The molecule has 0 N–H and O–H groups in total. The highest BCUT2D eigenvalue weighted by Crippen LogP contribution is 2.46. The minimum Gasteiger partial charge on any atom is -0.461 e. The molecule has 4 heteroatoms. The van der Waals surface area contributed by atoms with Crippen molar-refractivity contribution < 1.29 is 9.53 Å². The van der Waals surface area contributed by atoms with Crippen LogP contribution in [-0.4, -0.2) is 26.8 Å². The van der Waals surface area contributed by atoms with Crippen LogP contribution in [0.5, 0.6) is 0 Å². The van der Waals surface area contributed by atoms with Gasteiger partial charge >= 0.3 is 5.97 Å². The van der Waals surface area contributed by atoms with Gasteiger partial charge < -0.3 is 4.74 Å². The Labute approximate surface area is 173 Å². The van der Waals surface area contributed by atoms with E-state index in [1.54, 1.807) is 37.8 Å². The Morgan fingerprint density at radius 1 is 0.926 bits per heavy atom. The van der Waals surface area contributed by atoms with Crippen LogP contribution in [0.25, 0.3) is 0 Å². The fraction of sp³-hybridized carbons (Fsp3) is 0.957. The molecule has 0 radical (unpaired) electrons. The summed E-state index contributed by atoms with van der Waals surface area (Å²) < 4.78 is 5.44. The van der Waals surface area contributed by atoms with Crippen molar-refractivity contribution in [3.63, 3.8) is 0 Å². The third-order valence-corrected chi connectivity index (χ3v) is 12.5. The number of unbranched alkanes of at least 4 members (excludes halogenated alkanes) is 1. The summed E-state index contributed by atoms with van der Waals surface area (Å²) >= 11 is 5.56. The fourth-order valence-corrected chi connectivity index (χ4v) is 10.8. The van der Waals surface area contributed by atoms with Gasteiger partial charge in [0.25, 0.3) is 0 Å². The van der Waals surface area contributed by atoms with E-state index in [0.29, 0.717) is 0 Å². The molecular formula is C23H41ClO2Si. The van der Waals surface area contributed by atoms with Crippen molar-refractivity contribution in [1.82, 2.24) is 0 Å². The molecule has 156 valence electrons. The molecular weight excluding hydrogens is 372 g/mol. The van der Waals surface area contributed by atoms with E-state index in [1.807, 2.05) is 0 Å². The molecule has 2 saturated carbocycles. The molecule has 0 aromatic heterocycles. The quantitative estimate of drug-likeness (QED) is 0.263. The summed E-state index contributed by atoms with van der Waals surface area (Å²) in [7, 11) is -0.450. The molecule has 0 aromatic carbocycles. The predicted molar refractivity (Wildman–Crippen MR) is 117 cm³/mol. The molecule has 0 bridgehead atoms. The summed E-state index contributed by atoms with van der Waals surface area (Å²) in [5, 5.41) is 0. The van der Waals surface area contributed by atoms with Crippen molar-refractivity contribution in [2.24, 2.45) is 17.8 Å². The second kappa shape index (κ2) is 11.2. The Morgan fingerprint density at radius 3 is 2.07 bits per heavy atom. The number of carbonyl (C=O) groups is 1. The van der Waals surface area contributed by atoms with E-state index in [2.05, 4.69) is 6.92 Å². The first-order valence-corrected chi connectivity index (χ1v) is 14.8. The first kappa shape index (κ1) is 21.7. The minimum absolute atomic E-state index is 0.00561. The molecule has 2 aliphatic carbocycles. The molecule has 0 aromatic rings. The highest BCUT2D eigenvalue weighted by Gasteiger charge is 2.35. The second-order valence-corrected chi connectivity index (χ2v) is 13.6. The van der Waals surface area contributed by atoms with E-state index in [9.17, 15) is 4.79 Å². The van der Waals surface area contributed by atoms with Crippen LogP contribution in [-0.2, 0) is 9.53 Å². The summed E-state index contributed by atoms with van der Waals surface area (Å²) in [4.78, 5) is 11.4. The normalized spacial score (nSPS) is 37.7. The van der Waals surface area contributed by atoms with Gasteiger partial charge in [-0.1, -0.05) is 76.8 Å². The van der Waals surface area contributed by atoms with E-state index < -0.39 is 8.80 Å². The zero-order valence-corrected chi connectivity index (χ0v) is 19.4. The van der Waals surface area contributed by atoms with Gasteiger partial charge in [0.2, 0.25) is 0 Å². The SMILES string of the molecule is CCCCC1CC[SiH](C2CCC(C3CCC(OC(=O)CCl)CC3)CC2)CC1. The highest BCUT2D eigenvalue weighted by molar-refractivity contribution is 6.60. The average Bonchev–Trinajstić information content (AvgIpc) is 2.73. The third-order valence-electron chi connectivity index (χ3n) is 8.13. The van der Waals surface area contributed by atoms with Crippen molar-refractivity contribution in [2.45, 2.75) is 114 Å². The lowest BCUT2D eigenvalue weighted by molar-refractivity contribution is -0.148. The first-order chi connectivity index (χ1) is 13.2. The third kappa shape index (κ3) is 6.49. The van der Waals surface area contributed by atoms with Gasteiger partial charge in [0.05, 0.1) is 0 Å². The van der Waals surface area contributed by atoms with Gasteiger partial charge in [0.15, 0.2) is 0 Å². The standard InChI is InChI=1S/C23H41ClO2Si/c1-2-3-4-18-13-15-27(16-14-18)22-11-7-20(8-12-22)19-5-9-21(10-6-19)26-23(25)17-24/h18-22,27H,2-17H2,1H3. The lowest BCUT2D eigenvalue weighted by Gasteiger charge is -2.40. The average molecular weight is 413 g/mol. The van der Waals surface area contributed by atoms with Crippen LogP contribution in [0.15, 0.2) is 0 Å². The fourth-order valence-electron chi connectivity index (χ4n) is 6.42. The number of alkyl halides is 1. The molecule has 1 heterocycles. The molecule has 3 aliphatic rings. The maximum absolute atomic E-state index is 11.4. The Balaban J connectivity index is 1.33. The van der Waals surface area contributed by atoms with Crippen molar-refractivity contribution in [1.29, 1.82) is 0 Å². The van der Waals surface area contributed by atoms with Crippen LogP contribution in [0, 0.1) is 17.8 Å². The molecule has 0 unspecified atom stereocenters. The number of hydrogen-bond acceptors (Lipinski definition) is 2. The lowest BCUT2D eigenvalue weighted by atomic mass is 9.73. The maximum atomic E-state index is 11.4. The second-order valence-electron chi connectivity index (χ2n) is 9.76. The van der Waals surface area contributed by atoms with Gasteiger partial charge in [0, 0.05) is 8.80 Å². The van der Waals surface area contributed by atoms with Gasteiger partial charge in [-0.2, -0.15) is 0 Å². The predicted octanol–water partition coefficient (Wildman–Crippen LogP) is 6.71. The topological polar surface area (TPSA) is 26.3 Å². The van der Waals surface area contributed by atoms with Crippen LogP contribution >= 0.6 is 11.6 Å². The Bertz CT molecular complexity index is 434. The molecule has 3 rings (SSSR count). The van der Waals surface area contributed by atoms with Crippen molar-refractivity contribution in [3.8, 4) is 0 Å². The number of rotatable bonds is 7. The number of carbonyl (C=O) groups excluding carboxylic acids is 1. The minimum atomic E-state index is -0.450. The molecule has 3 fully saturated rings. The number of ether oxygens (including phenoxy) is 1. The molecule has 1 saturated heterocycles. The molecule has 0 spiro atoms. The van der Waals surface area contributed by atoms with E-state index >= 15 is 0 Å². The number of hydrogen-bond donors (Lipinski definition) is 0. The van der Waals surface area contributed by atoms with Crippen LogP contribution in [0.2, 0.25) is 17.6 Å². The van der Waals surface area contributed by atoms with Crippen molar-refractivity contribution in [3.05, 3.63) is 0 Å². The number of esters is 1. The first-order valence-electron chi connectivity index (χ1n) is 11.9. The summed E-state index contributed by atoms with van der Waals surface area (Å²) in [6.07, 6.45) is 18.3. The number of halogens is 1. The van der Waals surface area contributed by atoms with Crippen LogP contribution < -0.4 is 0 Å². The van der Waals surface area contributed by atoms with Gasteiger partial charge in [-0.15, -0.1) is 11.6 Å². The zero-order chi connectivity index (χ0) is 19.1. The lowest BCUT2D eigenvalue weighted by Crippen LogP contribution is -2.33. The summed E-state index contributed by atoms with van der Waals surface area (Å²) in [5.41, 5.74) is 1.16. The Kier molecular flexibility index (Phi) is 9.02. The van der Waals surface area contributed by atoms with Gasteiger partial charge in [0.1, 0.15) is 12.0 Å². The molecule has 2 nitrogen and oxygen atoms in total. The molecule has 1 aliphatic heterocycles. The maximum Gasteiger partial charge on any atom is 0.321 e. The van der Waals surface area contributed by atoms with E-state index in [1.165, 1.54) is 44.9 Å². The molecule has 0 amide bonds. The largest absolute Gasteiger partial charge is 0.461 e. The van der Waals surface area contributed by atoms with Gasteiger partial charge in [-0.05, 0) is 49.0 Å². The Hall–Kier alpha value is -0.0231. The van der Waals surface area contributed by atoms with Crippen LogP contribution in [0.1, 0.15) is 90.4 Å². The Morgan fingerprint density at radius 2 is 1.52 bits per heavy atom. The van der Waals surface area contributed by atoms with E-state index in [-0.39, 0.29) is 18.0 Å². The summed E-state index contributed by atoms with van der Waals surface area (Å²) in [5.74, 6) is 2.68.